The second kappa shape index (κ2) is 6.47. The van der Waals surface area contributed by atoms with Gasteiger partial charge in [-0.2, -0.15) is 0 Å². The lowest BCUT2D eigenvalue weighted by Gasteiger charge is -2.07. The molecule has 1 heterocycles. The minimum atomic E-state index is 0.642. The fraction of sp³-hybridized carbons (Fsp3) is 0.286. The van der Waals surface area contributed by atoms with Crippen LogP contribution in [0.4, 0.5) is 0 Å². The predicted molar refractivity (Wildman–Crippen MR) is 72.1 cm³/mol. The summed E-state index contributed by atoms with van der Waals surface area (Å²) in [4.78, 5) is 0. The topological polar surface area (TPSA) is 34.4 Å². The van der Waals surface area contributed by atoms with Crippen LogP contribution in [0.25, 0.3) is 0 Å². The van der Waals surface area contributed by atoms with Gasteiger partial charge in [0.1, 0.15) is 11.5 Å². The fourth-order valence-electron chi connectivity index (χ4n) is 1.72. The fourth-order valence-corrected chi connectivity index (χ4v) is 2.00. The van der Waals surface area contributed by atoms with Crippen LogP contribution in [0, 0.1) is 0 Å². The monoisotopic (exact) mass is 265 g/mol. The van der Waals surface area contributed by atoms with Crippen LogP contribution in [0.1, 0.15) is 11.3 Å². The van der Waals surface area contributed by atoms with Crippen LogP contribution in [0.5, 0.6) is 5.75 Å². The molecule has 0 atom stereocenters. The highest BCUT2D eigenvalue weighted by atomic mass is 35.5. The molecule has 0 aliphatic rings. The molecule has 18 heavy (non-hydrogen) atoms. The number of methoxy groups -OCH3 is 1. The number of rotatable bonds is 6. The Balaban J connectivity index is 1.78. The average Bonchev–Trinajstić information content (AvgIpc) is 2.88. The molecule has 0 saturated carbocycles. The normalized spacial score (nSPS) is 10.6. The molecule has 2 rings (SSSR count). The maximum atomic E-state index is 6.06. The molecule has 0 unspecified atom stereocenters. The van der Waals surface area contributed by atoms with Crippen LogP contribution in [0.15, 0.2) is 41.0 Å². The largest absolute Gasteiger partial charge is 0.495 e. The van der Waals surface area contributed by atoms with E-state index in [1.165, 1.54) is 0 Å². The van der Waals surface area contributed by atoms with Gasteiger partial charge >= 0.3 is 0 Å². The van der Waals surface area contributed by atoms with Crippen molar-refractivity contribution in [2.45, 2.75) is 13.0 Å². The van der Waals surface area contributed by atoms with Crippen molar-refractivity contribution in [2.75, 3.05) is 13.7 Å². The summed E-state index contributed by atoms with van der Waals surface area (Å²) in [5.74, 6) is 1.70. The molecular formula is C14H16ClNO2. The Morgan fingerprint density at radius 3 is 2.89 bits per heavy atom. The Kier molecular flexibility index (Phi) is 4.67. The maximum Gasteiger partial charge on any atom is 0.137 e. The minimum absolute atomic E-state index is 0.642. The Bertz CT molecular complexity index is 483. The molecule has 0 radical (unpaired) electrons. The van der Waals surface area contributed by atoms with E-state index in [1.54, 1.807) is 13.4 Å². The van der Waals surface area contributed by atoms with E-state index >= 15 is 0 Å². The summed E-state index contributed by atoms with van der Waals surface area (Å²) in [6.45, 7) is 1.65. The highest BCUT2D eigenvalue weighted by Gasteiger charge is 2.01. The van der Waals surface area contributed by atoms with Gasteiger partial charge in [0.2, 0.25) is 0 Å². The van der Waals surface area contributed by atoms with Crippen LogP contribution in [0.3, 0.4) is 0 Å². The number of nitrogens with one attached hydrogen (secondary N) is 1. The molecule has 0 amide bonds. The van der Waals surface area contributed by atoms with Gasteiger partial charge in [0, 0.05) is 19.5 Å². The third kappa shape index (κ3) is 3.52. The lowest BCUT2D eigenvalue weighted by molar-refractivity contribution is 0.415. The molecule has 0 bridgehead atoms. The van der Waals surface area contributed by atoms with Crippen molar-refractivity contribution in [2.24, 2.45) is 0 Å². The standard InChI is InChI=1S/C14H16ClNO2/c1-17-14-5-4-11(9-13(14)15)10-16-7-6-12-3-2-8-18-12/h2-5,8-9,16H,6-7,10H2,1H3. The zero-order valence-corrected chi connectivity index (χ0v) is 11.0. The van der Waals surface area contributed by atoms with Gasteiger partial charge < -0.3 is 14.5 Å². The highest BCUT2D eigenvalue weighted by Crippen LogP contribution is 2.24. The summed E-state index contributed by atoms with van der Waals surface area (Å²) in [5.41, 5.74) is 1.14. The summed E-state index contributed by atoms with van der Waals surface area (Å²) in [5, 5.41) is 3.99. The summed E-state index contributed by atoms with van der Waals surface area (Å²) < 4.78 is 10.4. The van der Waals surface area contributed by atoms with Crippen LogP contribution in [0.2, 0.25) is 5.02 Å². The summed E-state index contributed by atoms with van der Waals surface area (Å²) in [6, 6.07) is 9.68. The minimum Gasteiger partial charge on any atom is -0.495 e. The smallest absolute Gasteiger partial charge is 0.137 e. The van der Waals surface area contributed by atoms with E-state index in [9.17, 15) is 0 Å². The van der Waals surface area contributed by atoms with E-state index in [0.717, 1.165) is 30.8 Å². The van der Waals surface area contributed by atoms with Gasteiger partial charge in [0.15, 0.2) is 0 Å². The van der Waals surface area contributed by atoms with Crippen molar-refractivity contribution >= 4 is 11.6 Å². The number of ether oxygens (including phenoxy) is 1. The average molecular weight is 266 g/mol. The van der Waals surface area contributed by atoms with Gasteiger partial charge in [-0.1, -0.05) is 17.7 Å². The molecule has 1 aromatic carbocycles. The van der Waals surface area contributed by atoms with Crippen molar-refractivity contribution in [3.8, 4) is 5.75 Å². The second-order valence-corrected chi connectivity index (χ2v) is 4.38. The van der Waals surface area contributed by atoms with E-state index in [2.05, 4.69) is 5.32 Å². The van der Waals surface area contributed by atoms with Crippen molar-refractivity contribution in [1.82, 2.24) is 5.32 Å². The molecule has 0 fully saturated rings. The van der Waals surface area contributed by atoms with E-state index in [1.807, 2.05) is 30.3 Å². The zero-order chi connectivity index (χ0) is 12.8. The van der Waals surface area contributed by atoms with E-state index in [-0.39, 0.29) is 0 Å². The third-order valence-electron chi connectivity index (χ3n) is 2.67. The maximum absolute atomic E-state index is 6.06. The van der Waals surface area contributed by atoms with E-state index in [4.69, 9.17) is 20.8 Å². The van der Waals surface area contributed by atoms with Crippen molar-refractivity contribution in [1.29, 1.82) is 0 Å². The first-order valence-electron chi connectivity index (χ1n) is 5.85. The predicted octanol–water partition coefficient (Wildman–Crippen LogP) is 3.27. The lowest BCUT2D eigenvalue weighted by Crippen LogP contribution is -2.16. The Hall–Kier alpha value is -1.45. The first-order chi connectivity index (χ1) is 8.79. The molecular weight excluding hydrogens is 250 g/mol. The van der Waals surface area contributed by atoms with Crippen LogP contribution in [-0.2, 0) is 13.0 Å². The van der Waals surface area contributed by atoms with E-state index in [0.29, 0.717) is 10.8 Å². The molecule has 1 aromatic heterocycles. The lowest BCUT2D eigenvalue weighted by atomic mass is 10.2. The first kappa shape index (κ1) is 13.0. The van der Waals surface area contributed by atoms with Crippen molar-refractivity contribution in [3.05, 3.63) is 52.9 Å². The third-order valence-corrected chi connectivity index (χ3v) is 2.97. The molecule has 3 nitrogen and oxygen atoms in total. The van der Waals surface area contributed by atoms with Crippen LogP contribution < -0.4 is 10.1 Å². The molecule has 1 N–H and O–H groups in total. The number of hydrogen-bond acceptors (Lipinski definition) is 3. The highest BCUT2D eigenvalue weighted by molar-refractivity contribution is 6.32. The number of furan rings is 1. The SMILES string of the molecule is COc1ccc(CNCCc2ccco2)cc1Cl. The Morgan fingerprint density at radius 1 is 1.33 bits per heavy atom. The van der Waals surface area contributed by atoms with Gasteiger partial charge in [-0.25, -0.2) is 0 Å². The number of hydrogen-bond donors (Lipinski definition) is 1. The summed E-state index contributed by atoms with van der Waals surface area (Å²) in [7, 11) is 1.61. The van der Waals surface area contributed by atoms with Gasteiger partial charge in [0.05, 0.1) is 18.4 Å². The number of benzene rings is 1. The quantitative estimate of drug-likeness (QED) is 0.814. The molecule has 0 aliphatic carbocycles. The van der Waals surface area contributed by atoms with Gasteiger partial charge in [-0.15, -0.1) is 0 Å². The van der Waals surface area contributed by atoms with Crippen molar-refractivity contribution < 1.29 is 9.15 Å². The van der Waals surface area contributed by atoms with Gasteiger partial charge in [-0.3, -0.25) is 0 Å². The van der Waals surface area contributed by atoms with Gasteiger partial charge in [-0.05, 0) is 29.8 Å². The zero-order valence-electron chi connectivity index (χ0n) is 10.3. The van der Waals surface area contributed by atoms with Gasteiger partial charge in [0.25, 0.3) is 0 Å². The van der Waals surface area contributed by atoms with Crippen LogP contribution in [-0.4, -0.2) is 13.7 Å². The first-order valence-corrected chi connectivity index (χ1v) is 6.23. The molecule has 0 spiro atoms. The molecule has 0 saturated heterocycles. The van der Waals surface area contributed by atoms with Crippen LogP contribution >= 0.6 is 11.6 Å². The summed E-state index contributed by atoms with van der Waals surface area (Å²) in [6.07, 6.45) is 2.58. The second-order valence-electron chi connectivity index (χ2n) is 3.98. The molecule has 4 heteroatoms. The molecule has 0 aliphatic heterocycles. The summed E-state index contributed by atoms with van der Waals surface area (Å²) >= 11 is 6.06. The van der Waals surface area contributed by atoms with Crippen molar-refractivity contribution in [3.63, 3.8) is 0 Å². The van der Waals surface area contributed by atoms with E-state index < -0.39 is 0 Å². The number of halogens is 1. The Morgan fingerprint density at radius 2 is 2.22 bits per heavy atom. The molecule has 2 aromatic rings. The molecule has 96 valence electrons. The Labute approximate surface area is 112 Å².